The van der Waals surface area contributed by atoms with Crippen LogP contribution in [0.15, 0.2) is 24.3 Å². The highest BCUT2D eigenvalue weighted by molar-refractivity contribution is 6.30. The van der Waals surface area contributed by atoms with Crippen molar-refractivity contribution in [2.45, 2.75) is 43.6 Å². The van der Waals surface area contributed by atoms with Crippen molar-refractivity contribution in [3.05, 3.63) is 34.9 Å². The monoisotopic (exact) mass is 360 g/mol. The summed E-state index contributed by atoms with van der Waals surface area (Å²) in [6.45, 7) is 0.852. The molecular weight excluding hydrogens is 335 g/mol. The Morgan fingerprint density at radius 2 is 1.91 bits per heavy atom. The number of nitrogens with two attached hydrogens (primary N) is 1. The van der Waals surface area contributed by atoms with Crippen LogP contribution in [-0.4, -0.2) is 32.2 Å². The van der Waals surface area contributed by atoms with E-state index in [1.165, 1.54) is 24.8 Å². The van der Waals surface area contributed by atoms with Gasteiger partial charge in [-0.3, -0.25) is 4.79 Å². The molecule has 130 valence electrons. The molecule has 2 rings (SSSR count). The lowest BCUT2D eigenvalue weighted by Crippen LogP contribution is -2.49. The zero-order valence-electron chi connectivity index (χ0n) is 13.5. The molecule has 0 aliphatic heterocycles. The fourth-order valence-corrected chi connectivity index (χ4v) is 3.37. The zero-order valence-corrected chi connectivity index (χ0v) is 15.1. The second-order valence-corrected chi connectivity index (χ2v) is 6.56. The minimum absolute atomic E-state index is 0. The molecule has 0 radical (unpaired) electrons. The molecule has 1 amide bonds. The van der Waals surface area contributed by atoms with Gasteiger partial charge in [-0.15, -0.1) is 12.4 Å². The maximum Gasteiger partial charge on any atom is 0.239 e. The van der Waals surface area contributed by atoms with Gasteiger partial charge < -0.3 is 15.8 Å². The molecule has 1 aromatic rings. The first-order valence-corrected chi connectivity index (χ1v) is 8.23. The van der Waals surface area contributed by atoms with E-state index in [0.29, 0.717) is 6.54 Å². The molecule has 23 heavy (non-hydrogen) atoms. The fourth-order valence-electron chi connectivity index (χ4n) is 3.24. The van der Waals surface area contributed by atoms with Crippen molar-refractivity contribution in [3.8, 4) is 0 Å². The molecule has 4 nitrogen and oxygen atoms in total. The minimum Gasteiger partial charge on any atom is -0.383 e. The lowest BCUT2D eigenvalue weighted by atomic mass is 9.69. The second-order valence-electron chi connectivity index (χ2n) is 6.13. The Labute approximate surface area is 149 Å². The first-order valence-electron chi connectivity index (χ1n) is 7.86. The third-order valence-electron chi connectivity index (χ3n) is 4.55. The van der Waals surface area contributed by atoms with Crippen molar-refractivity contribution < 1.29 is 9.53 Å². The molecule has 1 aromatic carbocycles. The summed E-state index contributed by atoms with van der Waals surface area (Å²) in [4.78, 5) is 12.1. The predicted molar refractivity (Wildman–Crippen MR) is 96.3 cm³/mol. The SMILES string of the molecule is COCC(N)C(=O)NCC1(c2ccc(Cl)cc2)CCCCC1.Cl. The van der Waals surface area contributed by atoms with Gasteiger partial charge in [0.1, 0.15) is 6.04 Å². The summed E-state index contributed by atoms with van der Waals surface area (Å²) in [5.41, 5.74) is 7.03. The molecule has 0 saturated heterocycles. The van der Waals surface area contributed by atoms with Crippen LogP contribution in [0, 0.1) is 0 Å². The van der Waals surface area contributed by atoms with Gasteiger partial charge in [-0.25, -0.2) is 0 Å². The summed E-state index contributed by atoms with van der Waals surface area (Å²) >= 11 is 6.00. The van der Waals surface area contributed by atoms with Gasteiger partial charge in [0.2, 0.25) is 5.91 Å². The maximum atomic E-state index is 12.1. The Morgan fingerprint density at radius 1 is 1.30 bits per heavy atom. The van der Waals surface area contributed by atoms with Crippen molar-refractivity contribution in [1.29, 1.82) is 0 Å². The average molecular weight is 361 g/mol. The summed E-state index contributed by atoms with van der Waals surface area (Å²) in [6.07, 6.45) is 5.78. The number of rotatable bonds is 6. The van der Waals surface area contributed by atoms with Crippen LogP contribution in [0.3, 0.4) is 0 Å². The average Bonchev–Trinajstić information content (AvgIpc) is 2.54. The quantitative estimate of drug-likeness (QED) is 0.819. The number of amides is 1. The van der Waals surface area contributed by atoms with Crippen molar-refractivity contribution in [3.63, 3.8) is 0 Å². The Kier molecular flexibility index (Phi) is 8.34. The first kappa shape index (κ1) is 20.2. The molecule has 1 saturated carbocycles. The Bertz CT molecular complexity index is 488. The van der Waals surface area contributed by atoms with Crippen LogP contribution < -0.4 is 11.1 Å². The summed E-state index contributed by atoms with van der Waals surface area (Å²) in [5.74, 6) is -0.152. The van der Waals surface area contributed by atoms with Crippen LogP contribution in [0.1, 0.15) is 37.7 Å². The number of carbonyl (C=O) groups is 1. The van der Waals surface area contributed by atoms with E-state index < -0.39 is 6.04 Å². The number of methoxy groups -OCH3 is 1. The molecule has 1 aliphatic carbocycles. The molecular formula is C17H26Cl2N2O2. The molecule has 1 aliphatic rings. The molecule has 1 unspecified atom stereocenters. The Balaban J connectivity index is 0.00000264. The zero-order chi connectivity index (χ0) is 16.0. The Morgan fingerprint density at radius 3 is 2.48 bits per heavy atom. The van der Waals surface area contributed by atoms with Crippen molar-refractivity contribution in [2.24, 2.45) is 5.73 Å². The number of nitrogens with one attached hydrogen (secondary N) is 1. The van der Waals surface area contributed by atoms with E-state index in [-0.39, 0.29) is 30.3 Å². The van der Waals surface area contributed by atoms with Gasteiger partial charge >= 0.3 is 0 Å². The first-order chi connectivity index (χ1) is 10.6. The molecule has 0 bridgehead atoms. The topological polar surface area (TPSA) is 64.3 Å². The van der Waals surface area contributed by atoms with Gasteiger partial charge in [-0.2, -0.15) is 0 Å². The van der Waals surface area contributed by atoms with E-state index in [4.69, 9.17) is 22.1 Å². The van der Waals surface area contributed by atoms with Crippen molar-refractivity contribution in [2.75, 3.05) is 20.3 Å². The highest BCUT2D eigenvalue weighted by Gasteiger charge is 2.34. The normalized spacial score (nSPS) is 17.9. The van der Waals surface area contributed by atoms with Gasteiger partial charge in [-0.1, -0.05) is 43.0 Å². The van der Waals surface area contributed by atoms with Gasteiger partial charge in [0, 0.05) is 24.1 Å². The smallest absolute Gasteiger partial charge is 0.239 e. The molecule has 1 fully saturated rings. The molecule has 6 heteroatoms. The van der Waals surface area contributed by atoms with E-state index in [9.17, 15) is 4.79 Å². The van der Waals surface area contributed by atoms with E-state index in [0.717, 1.165) is 17.9 Å². The van der Waals surface area contributed by atoms with Gasteiger partial charge in [0.15, 0.2) is 0 Å². The van der Waals surface area contributed by atoms with Crippen LogP contribution >= 0.6 is 24.0 Å². The summed E-state index contributed by atoms with van der Waals surface area (Å²) in [6, 6.07) is 7.39. The highest BCUT2D eigenvalue weighted by Crippen LogP contribution is 2.39. The number of benzene rings is 1. The second kappa shape index (κ2) is 9.48. The maximum absolute atomic E-state index is 12.1. The lowest BCUT2D eigenvalue weighted by molar-refractivity contribution is -0.123. The molecule has 0 aromatic heterocycles. The van der Waals surface area contributed by atoms with Crippen LogP contribution in [0.25, 0.3) is 0 Å². The van der Waals surface area contributed by atoms with Gasteiger partial charge in [-0.05, 0) is 30.5 Å². The van der Waals surface area contributed by atoms with E-state index in [2.05, 4.69) is 17.4 Å². The van der Waals surface area contributed by atoms with Crippen LogP contribution in [0.5, 0.6) is 0 Å². The number of ether oxygens (including phenoxy) is 1. The standard InChI is InChI=1S/C17H25ClN2O2.ClH/c1-22-11-15(19)16(21)20-12-17(9-3-2-4-10-17)13-5-7-14(18)8-6-13;/h5-8,15H,2-4,9-12,19H2,1H3,(H,20,21);1H. The third kappa shape index (κ3) is 5.35. The largest absolute Gasteiger partial charge is 0.383 e. The summed E-state index contributed by atoms with van der Waals surface area (Å²) in [7, 11) is 1.55. The third-order valence-corrected chi connectivity index (χ3v) is 4.80. The van der Waals surface area contributed by atoms with Crippen LogP contribution in [0.2, 0.25) is 5.02 Å². The van der Waals surface area contributed by atoms with E-state index in [1.54, 1.807) is 7.11 Å². The van der Waals surface area contributed by atoms with E-state index >= 15 is 0 Å². The van der Waals surface area contributed by atoms with Gasteiger partial charge in [0.05, 0.1) is 6.61 Å². The minimum atomic E-state index is -0.615. The fraction of sp³-hybridized carbons (Fsp3) is 0.588. The molecule has 1 atom stereocenters. The Hall–Kier alpha value is -0.810. The number of hydrogen-bond acceptors (Lipinski definition) is 3. The summed E-state index contributed by atoms with van der Waals surface area (Å²) < 4.78 is 4.94. The van der Waals surface area contributed by atoms with E-state index in [1.807, 2.05) is 12.1 Å². The van der Waals surface area contributed by atoms with Gasteiger partial charge in [0.25, 0.3) is 0 Å². The highest BCUT2D eigenvalue weighted by atomic mass is 35.5. The number of hydrogen-bond donors (Lipinski definition) is 2. The van der Waals surface area contributed by atoms with Crippen LogP contribution in [0.4, 0.5) is 0 Å². The summed E-state index contributed by atoms with van der Waals surface area (Å²) in [5, 5.41) is 3.75. The molecule has 0 spiro atoms. The van der Waals surface area contributed by atoms with Crippen LogP contribution in [-0.2, 0) is 14.9 Å². The molecule has 3 N–H and O–H groups in total. The number of halogens is 2. The predicted octanol–water partition coefficient (Wildman–Crippen LogP) is 3.05. The van der Waals surface area contributed by atoms with Crippen molar-refractivity contribution in [1.82, 2.24) is 5.32 Å². The number of carbonyl (C=O) groups excluding carboxylic acids is 1. The van der Waals surface area contributed by atoms with Crippen molar-refractivity contribution >= 4 is 29.9 Å². The molecule has 0 heterocycles. The lowest BCUT2D eigenvalue weighted by Gasteiger charge is -2.38.